The molecule has 0 aliphatic rings. The molecule has 0 bridgehead atoms. The molecule has 0 aliphatic heterocycles. The van der Waals surface area contributed by atoms with Gasteiger partial charge in [-0.2, -0.15) is 0 Å². The quantitative estimate of drug-likeness (QED) is 0.243. The fourth-order valence-electron chi connectivity index (χ4n) is 4.16. The van der Waals surface area contributed by atoms with E-state index in [1.54, 1.807) is 7.11 Å². The van der Waals surface area contributed by atoms with Crippen LogP contribution in [0.5, 0.6) is 5.75 Å². The molecular formula is C26H20O. The molecule has 1 heteroatoms. The van der Waals surface area contributed by atoms with Gasteiger partial charge in [-0.25, -0.2) is 0 Å². The van der Waals surface area contributed by atoms with Gasteiger partial charge in [0.15, 0.2) is 0 Å². The van der Waals surface area contributed by atoms with Crippen molar-refractivity contribution in [1.82, 2.24) is 0 Å². The largest absolute Gasteiger partial charge is 0.497 e. The lowest BCUT2D eigenvalue weighted by atomic mass is 9.88. The number of hydrogen-bond donors (Lipinski definition) is 0. The van der Waals surface area contributed by atoms with E-state index < -0.39 is 0 Å². The molecule has 5 aromatic rings. The van der Waals surface area contributed by atoms with Crippen LogP contribution >= 0.6 is 0 Å². The van der Waals surface area contributed by atoms with Gasteiger partial charge in [0.05, 0.1) is 7.11 Å². The summed E-state index contributed by atoms with van der Waals surface area (Å²) in [5.41, 5.74) is 3.81. The Morgan fingerprint density at radius 1 is 0.593 bits per heavy atom. The number of methoxy groups -OCH3 is 1. The van der Waals surface area contributed by atoms with E-state index in [-0.39, 0.29) is 0 Å². The maximum absolute atomic E-state index is 5.36. The van der Waals surface area contributed by atoms with Gasteiger partial charge in [0.1, 0.15) is 5.75 Å². The van der Waals surface area contributed by atoms with Crippen molar-refractivity contribution in [3.63, 3.8) is 0 Å². The van der Waals surface area contributed by atoms with Crippen LogP contribution in [0.3, 0.4) is 0 Å². The van der Waals surface area contributed by atoms with Crippen LogP contribution in [-0.2, 0) is 0 Å². The van der Waals surface area contributed by atoms with Crippen molar-refractivity contribution in [2.75, 3.05) is 7.11 Å². The zero-order valence-electron chi connectivity index (χ0n) is 15.5. The molecule has 5 aromatic carbocycles. The minimum Gasteiger partial charge on any atom is -0.497 e. The highest BCUT2D eigenvalue weighted by molar-refractivity contribution is 6.20. The number of benzene rings is 5. The Bertz CT molecular complexity index is 1300. The molecular weight excluding hydrogens is 328 g/mol. The molecule has 0 spiro atoms. The van der Waals surface area contributed by atoms with Gasteiger partial charge in [0, 0.05) is 0 Å². The van der Waals surface area contributed by atoms with E-state index in [0.717, 1.165) is 5.75 Å². The molecule has 0 fully saturated rings. The summed E-state index contributed by atoms with van der Waals surface area (Å²) in [6.45, 7) is 2.20. The van der Waals surface area contributed by atoms with Crippen molar-refractivity contribution >= 4 is 32.3 Å². The number of rotatable bonds is 2. The molecule has 5 rings (SSSR count). The van der Waals surface area contributed by atoms with Gasteiger partial charge >= 0.3 is 0 Å². The summed E-state index contributed by atoms with van der Waals surface area (Å²) in [5, 5.41) is 7.79. The molecule has 0 unspecified atom stereocenters. The highest BCUT2D eigenvalue weighted by atomic mass is 16.5. The second-order valence-electron chi connectivity index (χ2n) is 7.04. The fraction of sp³-hybridized carbons (Fsp3) is 0.0769. The molecule has 0 N–H and O–H groups in total. The van der Waals surface area contributed by atoms with Crippen LogP contribution in [0.25, 0.3) is 43.4 Å². The van der Waals surface area contributed by atoms with E-state index in [9.17, 15) is 0 Å². The average Bonchev–Trinajstić information content (AvgIpc) is 2.73. The van der Waals surface area contributed by atoms with Gasteiger partial charge in [-0.15, -0.1) is 0 Å². The summed E-state index contributed by atoms with van der Waals surface area (Å²) in [4.78, 5) is 0. The maximum Gasteiger partial charge on any atom is 0.118 e. The molecule has 0 aliphatic carbocycles. The zero-order valence-corrected chi connectivity index (χ0v) is 15.5. The maximum atomic E-state index is 5.36. The van der Waals surface area contributed by atoms with E-state index in [4.69, 9.17) is 4.74 Å². The van der Waals surface area contributed by atoms with Crippen LogP contribution in [0.4, 0.5) is 0 Å². The summed E-state index contributed by atoms with van der Waals surface area (Å²) < 4.78 is 5.36. The molecule has 27 heavy (non-hydrogen) atoms. The van der Waals surface area contributed by atoms with Crippen LogP contribution in [0, 0.1) is 6.92 Å². The predicted octanol–water partition coefficient (Wildman–Crippen LogP) is 7.13. The minimum absolute atomic E-state index is 0.880. The topological polar surface area (TPSA) is 9.23 Å². The number of fused-ring (bicyclic) bond motifs is 4. The van der Waals surface area contributed by atoms with Crippen molar-refractivity contribution in [3.8, 4) is 16.9 Å². The molecule has 0 radical (unpaired) electrons. The molecule has 0 amide bonds. The SMILES string of the molecule is COc1ccc(-c2c3ccccc3cc3c2cc(C)c2ccccc23)cc1. The first-order valence-corrected chi connectivity index (χ1v) is 9.24. The van der Waals surface area contributed by atoms with Gasteiger partial charge in [-0.3, -0.25) is 0 Å². The van der Waals surface area contributed by atoms with E-state index in [2.05, 4.69) is 79.7 Å². The van der Waals surface area contributed by atoms with Crippen molar-refractivity contribution in [2.24, 2.45) is 0 Å². The summed E-state index contributed by atoms with van der Waals surface area (Å²) in [5.74, 6) is 0.880. The van der Waals surface area contributed by atoms with E-state index in [0.29, 0.717) is 0 Å². The van der Waals surface area contributed by atoms with Crippen molar-refractivity contribution in [3.05, 3.63) is 90.5 Å². The van der Waals surface area contributed by atoms with Crippen LogP contribution in [0.15, 0.2) is 84.9 Å². The summed E-state index contributed by atoms with van der Waals surface area (Å²) in [6.07, 6.45) is 0. The zero-order chi connectivity index (χ0) is 18.4. The smallest absolute Gasteiger partial charge is 0.118 e. The minimum atomic E-state index is 0.880. The van der Waals surface area contributed by atoms with Crippen LogP contribution < -0.4 is 4.74 Å². The van der Waals surface area contributed by atoms with E-state index >= 15 is 0 Å². The van der Waals surface area contributed by atoms with Gasteiger partial charge in [0.2, 0.25) is 0 Å². The van der Waals surface area contributed by atoms with Gasteiger partial charge in [0.25, 0.3) is 0 Å². The molecule has 0 saturated heterocycles. The van der Waals surface area contributed by atoms with Crippen LogP contribution in [0.2, 0.25) is 0 Å². The molecule has 130 valence electrons. The summed E-state index contributed by atoms with van der Waals surface area (Å²) in [7, 11) is 1.71. The third-order valence-electron chi connectivity index (χ3n) is 5.47. The fourth-order valence-corrected chi connectivity index (χ4v) is 4.16. The predicted molar refractivity (Wildman–Crippen MR) is 116 cm³/mol. The normalized spacial score (nSPS) is 11.3. The standard InChI is InChI=1S/C26H20O/c1-17-15-25-24(23-10-6-5-8-21(17)23)16-19-7-3-4-9-22(19)26(25)18-11-13-20(27-2)14-12-18/h3-16H,1-2H3. The third kappa shape index (κ3) is 2.47. The van der Waals surface area contributed by atoms with Crippen LogP contribution in [-0.4, -0.2) is 7.11 Å². The second kappa shape index (κ2) is 6.14. The monoisotopic (exact) mass is 348 g/mol. The van der Waals surface area contributed by atoms with Crippen molar-refractivity contribution < 1.29 is 4.74 Å². The van der Waals surface area contributed by atoms with E-state index in [1.807, 2.05) is 12.1 Å². The highest BCUT2D eigenvalue weighted by Gasteiger charge is 2.13. The molecule has 0 aromatic heterocycles. The number of aryl methyl sites for hydroxylation is 1. The molecule has 0 heterocycles. The lowest BCUT2D eigenvalue weighted by molar-refractivity contribution is 0.415. The second-order valence-corrected chi connectivity index (χ2v) is 7.04. The average molecular weight is 348 g/mol. The Morgan fingerprint density at radius 2 is 1.26 bits per heavy atom. The van der Waals surface area contributed by atoms with Crippen LogP contribution in [0.1, 0.15) is 5.56 Å². The molecule has 1 nitrogen and oxygen atoms in total. The lowest BCUT2D eigenvalue weighted by Gasteiger charge is -2.15. The van der Waals surface area contributed by atoms with Crippen molar-refractivity contribution in [2.45, 2.75) is 6.92 Å². The van der Waals surface area contributed by atoms with Gasteiger partial charge in [-0.1, -0.05) is 66.7 Å². The van der Waals surface area contributed by atoms with Gasteiger partial charge in [-0.05, 0) is 74.1 Å². The highest BCUT2D eigenvalue weighted by Crippen LogP contribution is 2.40. The van der Waals surface area contributed by atoms with Crippen molar-refractivity contribution in [1.29, 1.82) is 0 Å². The lowest BCUT2D eigenvalue weighted by Crippen LogP contribution is -1.89. The van der Waals surface area contributed by atoms with Gasteiger partial charge < -0.3 is 4.74 Å². The van der Waals surface area contributed by atoms with E-state index in [1.165, 1.54) is 49.0 Å². The first-order valence-electron chi connectivity index (χ1n) is 9.24. The number of ether oxygens (including phenoxy) is 1. The third-order valence-corrected chi connectivity index (χ3v) is 5.47. The summed E-state index contributed by atoms with van der Waals surface area (Å²) >= 11 is 0. The molecule has 0 atom stereocenters. The first kappa shape index (κ1) is 15.9. The summed E-state index contributed by atoms with van der Waals surface area (Å²) in [6, 6.07) is 30.4. The Kier molecular flexibility index (Phi) is 3.61. The Labute approximate surface area is 158 Å². The Balaban J connectivity index is 1.98. The molecule has 0 saturated carbocycles. The number of hydrogen-bond acceptors (Lipinski definition) is 1. The Hall–Kier alpha value is -3.32. The Morgan fingerprint density at radius 3 is 2.00 bits per heavy atom. The first-order chi connectivity index (χ1) is 13.3.